The summed E-state index contributed by atoms with van der Waals surface area (Å²) in [6.07, 6.45) is -0.657. The number of rotatable bonds is 6. The second-order valence-electron chi connectivity index (χ2n) is 4.55. The van der Waals surface area contributed by atoms with Crippen LogP contribution in [0.2, 0.25) is 0 Å². The van der Waals surface area contributed by atoms with Crippen LogP contribution in [-0.2, 0) is 11.4 Å². The molecule has 1 atom stereocenters. The fourth-order valence-electron chi connectivity index (χ4n) is 1.73. The summed E-state index contributed by atoms with van der Waals surface area (Å²) in [6.45, 7) is 1.60. The van der Waals surface area contributed by atoms with Gasteiger partial charge in [0.2, 0.25) is 0 Å². The molecule has 0 aliphatic carbocycles. The summed E-state index contributed by atoms with van der Waals surface area (Å²) < 4.78 is 5.54. The number of anilines is 1. The van der Waals surface area contributed by atoms with Crippen molar-refractivity contribution < 1.29 is 14.6 Å². The summed E-state index contributed by atoms with van der Waals surface area (Å²) in [5.74, 6) is 0.261. The molecule has 110 valence electrons. The Labute approximate surface area is 123 Å². The Bertz CT molecular complexity index is 587. The molecule has 5 heteroatoms. The van der Waals surface area contributed by atoms with E-state index >= 15 is 0 Å². The van der Waals surface area contributed by atoms with Gasteiger partial charge in [0.05, 0.1) is 12.3 Å². The van der Waals surface area contributed by atoms with Crippen LogP contribution in [0.1, 0.15) is 12.5 Å². The smallest absolute Gasteiger partial charge is 0.279 e. The second kappa shape index (κ2) is 7.31. The minimum Gasteiger partial charge on any atom is -0.481 e. The normalized spacial score (nSPS) is 11.5. The van der Waals surface area contributed by atoms with Crippen LogP contribution in [0.5, 0.6) is 5.75 Å². The standard InChI is InChI=1S/C16H18N2O3/c1-12(21-15-9-5-6-13(10-15)11-19)16(20)18-17-14-7-3-2-4-8-14/h2-10,12,17,19H,11H2,1H3,(H,18,20). The minimum atomic E-state index is -0.657. The predicted octanol–water partition coefficient (Wildman–Crippen LogP) is 2.09. The van der Waals surface area contributed by atoms with Gasteiger partial charge in [-0.25, -0.2) is 0 Å². The molecule has 1 unspecified atom stereocenters. The Morgan fingerprint density at radius 3 is 2.67 bits per heavy atom. The van der Waals surface area contributed by atoms with Crippen LogP contribution in [0, 0.1) is 0 Å². The largest absolute Gasteiger partial charge is 0.481 e. The van der Waals surface area contributed by atoms with Crippen molar-refractivity contribution in [1.82, 2.24) is 5.43 Å². The lowest BCUT2D eigenvalue weighted by atomic mass is 10.2. The number of aliphatic hydroxyl groups is 1. The van der Waals surface area contributed by atoms with Crippen molar-refractivity contribution in [3.63, 3.8) is 0 Å². The molecule has 1 amide bonds. The Balaban J connectivity index is 1.87. The lowest BCUT2D eigenvalue weighted by molar-refractivity contribution is -0.126. The van der Waals surface area contributed by atoms with Crippen molar-refractivity contribution in [3.8, 4) is 5.75 Å². The molecule has 0 saturated carbocycles. The van der Waals surface area contributed by atoms with E-state index in [0.717, 1.165) is 11.3 Å². The van der Waals surface area contributed by atoms with Gasteiger partial charge in [-0.1, -0.05) is 30.3 Å². The molecule has 0 spiro atoms. The number of nitrogens with one attached hydrogen (secondary N) is 2. The summed E-state index contributed by atoms with van der Waals surface area (Å²) in [5, 5.41) is 9.07. The summed E-state index contributed by atoms with van der Waals surface area (Å²) in [7, 11) is 0. The zero-order valence-electron chi connectivity index (χ0n) is 11.7. The van der Waals surface area contributed by atoms with Gasteiger partial charge in [0.15, 0.2) is 6.10 Å². The summed E-state index contributed by atoms with van der Waals surface area (Å²) >= 11 is 0. The quantitative estimate of drug-likeness (QED) is 0.711. The monoisotopic (exact) mass is 286 g/mol. The lowest BCUT2D eigenvalue weighted by Gasteiger charge is -2.16. The minimum absolute atomic E-state index is 0.0622. The van der Waals surface area contributed by atoms with Gasteiger partial charge in [-0.2, -0.15) is 0 Å². The van der Waals surface area contributed by atoms with Crippen LogP contribution >= 0.6 is 0 Å². The molecular weight excluding hydrogens is 268 g/mol. The van der Waals surface area contributed by atoms with Crippen LogP contribution in [0.4, 0.5) is 5.69 Å². The average molecular weight is 286 g/mol. The molecule has 0 heterocycles. The van der Waals surface area contributed by atoms with Crippen LogP contribution < -0.4 is 15.6 Å². The summed E-state index contributed by atoms with van der Waals surface area (Å²) in [4.78, 5) is 11.9. The zero-order chi connectivity index (χ0) is 15.1. The topological polar surface area (TPSA) is 70.6 Å². The molecule has 0 aliphatic rings. The molecule has 0 aliphatic heterocycles. The lowest BCUT2D eigenvalue weighted by Crippen LogP contribution is -2.39. The highest BCUT2D eigenvalue weighted by Crippen LogP contribution is 2.15. The van der Waals surface area contributed by atoms with E-state index in [2.05, 4.69) is 10.9 Å². The molecule has 0 fully saturated rings. The molecule has 2 rings (SSSR count). The Hall–Kier alpha value is -2.53. The number of benzene rings is 2. The number of aliphatic hydroxyl groups excluding tert-OH is 1. The molecule has 0 aromatic heterocycles. The Morgan fingerprint density at radius 1 is 1.19 bits per heavy atom. The third-order valence-corrected chi connectivity index (χ3v) is 2.87. The van der Waals surface area contributed by atoms with Crippen molar-refractivity contribution in [2.75, 3.05) is 5.43 Å². The first-order chi connectivity index (χ1) is 10.2. The molecule has 3 N–H and O–H groups in total. The number of para-hydroxylation sites is 1. The van der Waals surface area contributed by atoms with E-state index in [1.807, 2.05) is 30.3 Å². The maximum atomic E-state index is 11.9. The molecule has 2 aromatic rings. The van der Waals surface area contributed by atoms with Gasteiger partial charge in [0, 0.05) is 0 Å². The molecule has 0 radical (unpaired) electrons. The van der Waals surface area contributed by atoms with Crippen molar-refractivity contribution in [2.24, 2.45) is 0 Å². The SMILES string of the molecule is CC(Oc1cccc(CO)c1)C(=O)NNc1ccccc1. The van der Waals surface area contributed by atoms with Crippen LogP contribution in [0.25, 0.3) is 0 Å². The summed E-state index contributed by atoms with van der Waals surface area (Å²) in [6, 6.07) is 16.3. The average Bonchev–Trinajstić information content (AvgIpc) is 2.53. The first kappa shape index (κ1) is 14.9. The van der Waals surface area contributed by atoms with E-state index < -0.39 is 6.10 Å². The third-order valence-electron chi connectivity index (χ3n) is 2.87. The molecule has 2 aromatic carbocycles. The maximum absolute atomic E-state index is 11.9. The number of carbonyl (C=O) groups excluding carboxylic acids is 1. The number of ether oxygens (including phenoxy) is 1. The Morgan fingerprint density at radius 2 is 1.95 bits per heavy atom. The summed E-state index contributed by atoms with van der Waals surface area (Å²) in [5.41, 5.74) is 6.93. The Kier molecular flexibility index (Phi) is 5.17. The van der Waals surface area contributed by atoms with Crippen molar-refractivity contribution in [3.05, 3.63) is 60.2 Å². The van der Waals surface area contributed by atoms with E-state index in [4.69, 9.17) is 9.84 Å². The van der Waals surface area contributed by atoms with Crippen molar-refractivity contribution in [1.29, 1.82) is 0 Å². The highest BCUT2D eigenvalue weighted by atomic mass is 16.5. The fraction of sp³-hybridized carbons (Fsp3) is 0.188. The highest BCUT2D eigenvalue weighted by molar-refractivity contribution is 5.81. The number of hydrazine groups is 1. The van der Waals surface area contributed by atoms with E-state index in [-0.39, 0.29) is 12.5 Å². The third kappa shape index (κ3) is 4.50. The number of hydrogen-bond acceptors (Lipinski definition) is 4. The van der Waals surface area contributed by atoms with Crippen molar-refractivity contribution >= 4 is 11.6 Å². The van der Waals surface area contributed by atoms with E-state index in [1.54, 1.807) is 31.2 Å². The van der Waals surface area contributed by atoms with Gasteiger partial charge in [0.25, 0.3) is 5.91 Å². The van der Waals surface area contributed by atoms with E-state index in [1.165, 1.54) is 0 Å². The van der Waals surface area contributed by atoms with Crippen LogP contribution in [0.3, 0.4) is 0 Å². The molecule has 5 nitrogen and oxygen atoms in total. The highest BCUT2D eigenvalue weighted by Gasteiger charge is 2.14. The second-order valence-corrected chi connectivity index (χ2v) is 4.55. The van der Waals surface area contributed by atoms with Gasteiger partial charge >= 0.3 is 0 Å². The van der Waals surface area contributed by atoms with Crippen molar-refractivity contribution in [2.45, 2.75) is 19.6 Å². The van der Waals surface area contributed by atoms with Crippen LogP contribution in [0.15, 0.2) is 54.6 Å². The molecule has 21 heavy (non-hydrogen) atoms. The number of carbonyl (C=O) groups is 1. The zero-order valence-corrected chi connectivity index (χ0v) is 11.7. The maximum Gasteiger partial charge on any atom is 0.279 e. The van der Waals surface area contributed by atoms with E-state index in [0.29, 0.717) is 5.75 Å². The number of hydrogen-bond donors (Lipinski definition) is 3. The van der Waals surface area contributed by atoms with Gasteiger partial charge < -0.3 is 9.84 Å². The first-order valence-electron chi connectivity index (χ1n) is 6.66. The van der Waals surface area contributed by atoms with Gasteiger partial charge in [-0.3, -0.25) is 15.6 Å². The van der Waals surface area contributed by atoms with E-state index in [9.17, 15) is 4.79 Å². The number of amides is 1. The molecule has 0 bridgehead atoms. The van der Waals surface area contributed by atoms with Crippen LogP contribution in [-0.4, -0.2) is 17.1 Å². The molecular formula is C16H18N2O3. The van der Waals surface area contributed by atoms with Gasteiger partial charge in [-0.05, 0) is 36.8 Å². The fourth-order valence-corrected chi connectivity index (χ4v) is 1.73. The van der Waals surface area contributed by atoms with Gasteiger partial charge in [0.1, 0.15) is 5.75 Å². The first-order valence-corrected chi connectivity index (χ1v) is 6.66. The molecule has 0 saturated heterocycles. The van der Waals surface area contributed by atoms with Gasteiger partial charge in [-0.15, -0.1) is 0 Å². The predicted molar refractivity (Wildman–Crippen MR) is 80.7 cm³/mol.